The Hall–Kier alpha value is -1.89. The molecule has 7 heteroatoms. The van der Waals surface area contributed by atoms with Crippen LogP contribution in [0.25, 0.3) is 0 Å². The highest BCUT2D eigenvalue weighted by molar-refractivity contribution is 5.91. The van der Waals surface area contributed by atoms with Crippen LogP contribution in [0, 0.1) is 11.8 Å². The van der Waals surface area contributed by atoms with E-state index in [4.69, 9.17) is 9.47 Å². The summed E-state index contributed by atoms with van der Waals surface area (Å²) in [4.78, 5) is 20.2. The summed E-state index contributed by atoms with van der Waals surface area (Å²) in [5.41, 5.74) is 0. The Labute approximate surface area is 111 Å². The number of rotatable bonds is 5. The van der Waals surface area contributed by atoms with Gasteiger partial charge in [-0.2, -0.15) is 9.97 Å². The fourth-order valence-electron chi connectivity index (χ4n) is 1.77. The number of hydrogen-bond donors (Lipinski definition) is 2. The maximum atomic E-state index is 12.0. The van der Waals surface area contributed by atoms with Crippen molar-refractivity contribution in [2.24, 2.45) is 11.8 Å². The van der Waals surface area contributed by atoms with Crippen LogP contribution in [0.3, 0.4) is 0 Å². The molecule has 1 amide bonds. The van der Waals surface area contributed by atoms with Crippen molar-refractivity contribution in [3.63, 3.8) is 0 Å². The Morgan fingerprint density at radius 3 is 2.37 bits per heavy atom. The summed E-state index contributed by atoms with van der Waals surface area (Å²) < 4.78 is 10.1. The van der Waals surface area contributed by atoms with Gasteiger partial charge in [0.1, 0.15) is 0 Å². The van der Waals surface area contributed by atoms with E-state index in [1.807, 2.05) is 6.92 Å². The van der Waals surface area contributed by atoms with Gasteiger partial charge in [0.15, 0.2) is 0 Å². The first-order valence-corrected chi connectivity index (χ1v) is 6.12. The highest BCUT2D eigenvalue weighted by Crippen LogP contribution is 2.20. The molecule has 0 aliphatic carbocycles. The van der Waals surface area contributed by atoms with Gasteiger partial charge in [-0.05, 0) is 19.0 Å². The lowest BCUT2D eigenvalue weighted by Gasteiger charge is -2.31. The molecule has 1 fully saturated rings. The molecule has 7 nitrogen and oxygen atoms in total. The van der Waals surface area contributed by atoms with Gasteiger partial charge in [0.25, 0.3) is 0 Å². The Balaban J connectivity index is 2.06. The van der Waals surface area contributed by atoms with Gasteiger partial charge in [-0.3, -0.25) is 10.1 Å². The summed E-state index contributed by atoms with van der Waals surface area (Å²) >= 11 is 0. The fraction of sp³-hybridized carbons (Fsp3) is 0.583. The monoisotopic (exact) mass is 266 g/mol. The number of carbonyl (C=O) groups excluding carboxylic acids is 1. The average molecular weight is 266 g/mol. The molecule has 1 aromatic rings. The molecule has 0 spiro atoms. The molecule has 1 atom stereocenters. The number of nitrogens with zero attached hydrogens (tertiary/aromatic N) is 2. The lowest BCUT2D eigenvalue weighted by atomic mass is 9.88. The molecule has 2 heterocycles. The third kappa shape index (κ3) is 3.11. The third-order valence-corrected chi connectivity index (χ3v) is 3.27. The van der Waals surface area contributed by atoms with E-state index in [9.17, 15) is 4.79 Å². The summed E-state index contributed by atoms with van der Waals surface area (Å²) in [5.74, 6) is 1.08. The first-order chi connectivity index (χ1) is 9.13. The Morgan fingerprint density at radius 2 is 1.95 bits per heavy atom. The number of aromatic nitrogens is 2. The number of nitrogens with one attached hydrogen (secondary N) is 2. The van der Waals surface area contributed by atoms with Crippen LogP contribution in [0.4, 0.5) is 5.95 Å². The summed E-state index contributed by atoms with van der Waals surface area (Å²) in [6.07, 6.45) is 0. The predicted molar refractivity (Wildman–Crippen MR) is 69.3 cm³/mol. The second-order valence-electron chi connectivity index (χ2n) is 4.47. The standard InChI is InChI=1S/C12H18N4O3/c1-7(8-5-13-6-8)11(17)16-12-14-9(18-2)4-10(15-12)19-3/h4,7-8,13H,5-6H2,1-3H3,(H,14,15,16,17). The lowest BCUT2D eigenvalue weighted by Crippen LogP contribution is -2.48. The van der Waals surface area contributed by atoms with Crippen molar-refractivity contribution in [1.82, 2.24) is 15.3 Å². The van der Waals surface area contributed by atoms with E-state index in [0.29, 0.717) is 17.7 Å². The molecule has 1 aliphatic heterocycles. The van der Waals surface area contributed by atoms with Crippen LogP contribution in [-0.4, -0.2) is 43.2 Å². The molecule has 2 N–H and O–H groups in total. The number of methoxy groups -OCH3 is 2. The van der Waals surface area contributed by atoms with Crippen molar-refractivity contribution in [2.45, 2.75) is 6.92 Å². The number of hydrogen-bond acceptors (Lipinski definition) is 6. The van der Waals surface area contributed by atoms with Crippen LogP contribution in [0.1, 0.15) is 6.92 Å². The first-order valence-electron chi connectivity index (χ1n) is 6.12. The third-order valence-electron chi connectivity index (χ3n) is 3.27. The minimum Gasteiger partial charge on any atom is -0.481 e. The summed E-state index contributed by atoms with van der Waals surface area (Å²) in [7, 11) is 2.99. The summed E-state index contributed by atoms with van der Waals surface area (Å²) in [5, 5.41) is 5.84. The zero-order chi connectivity index (χ0) is 13.8. The highest BCUT2D eigenvalue weighted by atomic mass is 16.5. The maximum absolute atomic E-state index is 12.0. The van der Waals surface area contributed by atoms with Gasteiger partial charge in [0.05, 0.1) is 20.3 Å². The minimum absolute atomic E-state index is 0.0814. The van der Waals surface area contributed by atoms with Crippen molar-refractivity contribution in [3.05, 3.63) is 6.07 Å². The van der Waals surface area contributed by atoms with E-state index in [2.05, 4.69) is 20.6 Å². The van der Waals surface area contributed by atoms with Crippen LogP contribution in [0.2, 0.25) is 0 Å². The van der Waals surface area contributed by atoms with Gasteiger partial charge in [-0.25, -0.2) is 0 Å². The van der Waals surface area contributed by atoms with E-state index in [-0.39, 0.29) is 17.8 Å². The van der Waals surface area contributed by atoms with E-state index in [1.165, 1.54) is 14.2 Å². The van der Waals surface area contributed by atoms with Gasteiger partial charge in [-0.15, -0.1) is 0 Å². The Kier molecular flexibility index (Phi) is 4.16. The molecule has 1 aromatic heterocycles. The molecule has 0 radical (unpaired) electrons. The molecule has 1 unspecified atom stereocenters. The van der Waals surface area contributed by atoms with Gasteiger partial charge in [0.2, 0.25) is 23.6 Å². The second kappa shape index (κ2) is 5.83. The van der Waals surface area contributed by atoms with Crippen LogP contribution in [-0.2, 0) is 4.79 Å². The normalized spacial score (nSPS) is 16.4. The molecule has 0 bridgehead atoms. The molecule has 1 saturated heterocycles. The highest BCUT2D eigenvalue weighted by Gasteiger charge is 2.29. The van der Waals surface area contributed by atoms with E-state index < -0.39 is 0 Å². The number of amides is 1. The molecule has 104 valence electrons. The molecular formula is C12H18N4O3. The first kappa shape index (κ1) is 13.5. The van der Waals surface area contributed by atoms with E-state index in [0.717, 1.165) is 13.1 Å². The van der Waals surface area contributed by atoms with Gasteiger partial charge < -0.3 is 14.8 Å². The van der Waals surface area contributed by atoms with E-state index in [1.54, 1.807) is 6.07 Å². The average Bonchev–Trinajstić information content (AvgIpc) is 2.36. The number of anilines is 1. The van der Waals surface area contributed by atoms with Crippen LogP contribution in [0.15, 0.2) is 6.07 Å². The van der Waals surface area contributed by atoms with Crippen LogP contribution < -0.4 is 20.1 Å². The van der Waals surface area contributed by atoms with Crippen LogP contribution in [0.5, 0.6) is 11.8 Å². The topological polar surface area (TPSA) is 85.4 Å². The molecule has 0 aromatic carbocycles. The van der Waals surface area contributed by atoms with Crippen molar-refractivity contribution in [2.75, 3.05) is 32.6 Å². The van der Waals surface area contributed by atoms with Crippen molar-refractivity contribution < 1.29 is 14.3 Å². The molecule has 2 rings (SSSR count). The van der Waals surface area contributed by atoms with Crippen LogP contribution >= 0.6 is 0 Å². The van der Waals surface area contributed by atoms with Gasteiger partial charge in [0, 0.05) is 5.92 Å². The van der Waals surface area contributed by atoms with Crippen molar-refractivity contribution in [1.29, 1.82) is 0 Å². The maximum Gasteiger partial charge on any atom is 0.236 e. The lowest BCUT2D eigenvalue weighted by molar-refractivity contribution is -0.121. The van der Waals surface area contributed by atoms with Crippen molar-refractivity contribution in [3.8, 4) is 11.8 Å². The van der Waals surface area contributed by atoms with Crippen molar-refractivity contribution >= 4 is 11.9 Å². The Bertz CT molecular complexity index is 440. The van der Waals surface area contributed by atoms with E-state index >= 15 is 0 Å². The SMILES string of the molecule is COc1cc(OC)nc(NC(=O)C(C)C2CNC2)n1. The zero-order valence-electron chi connectivity index (χ0n) is 11.3. The van der Waals surface area contributed by atoms with Gasteiger partial charge in [-0.1, -0.05) is 6.92 Å². The minimum atomic E-state index is -0.0955. The number of ether oxygens (including phenoxy) is 2. The molecule has 1 aliphatic rings. The fourth-order valence-corrected chi connectivity index (χ4v) is 1.77. The molecule has 19 heavy (non-hydrogen) atoms. The second-order valence-corrected chi connectivity index (χ2v) is 4.47. The predicted octanol–water partition coefficient (Wildman–Crippen LogP) is 0.288. The molecule has 0 saturated carbocycles. The summed E-state index contributed by atoms with van der Waals surface area (Å²) in [6.45, 7) is 3.64. The molecular weight excluding hydrogens is 248 g/mol. The zero-order valence-corrected chi connectivity index (χ0v) is 11.3. The quantitative estimate of drug-likeness (QED) is 0.796. The number of carbonyl (C=O) groups is 1. The van der Waals surface area contributed by atoms with Gasteiger partial charge >= 0.3 is 0 Å². The largest absolute Gasteiger partial charge is 0.481 e. The smallest absolute Gasteiger partial charge is 0.236 e. The summed E-state index contributed by atoms with van der Waals surface area (Å²) in [6, 6.07) is 1.55. The Morgan fingerprint density at radius 1 is 1.37 bits per heavy atom.